The van der Waals surface area contributed by atoms with Crippen molar-refractivity contribution in [3.8, 4) is 11.5 Å². The van der Waals surface area contributed by atoms with Gasteiger partial charge >= 0.3 is 5.97 Å². The van der Waals surface area contributed by atoms with Crippen molar-refractivity contribution < 1.29 is 19.7 Å². The molecule has 6 heteroatoms. The average molecular weight is 317 g/mol. The number of benzene rings is 2. The summed E-state index contributed by atoms with van der Waals surface area (Å²) in [6, 6.07) is 10.8. The quantitative estimate of drug-likeness (QED) is 0.594. The fourth-order valence-electron chi connectivity index (χ4n) is 1.81. The van der Waals surface area contributed by atoms with Crippen LogP contribution in [0.15, 0.2) is 42.5 Å². The Hall–Kier alpha value is -2.60. The van der Waals surface area contributed by atoms with Crippen molar-refractivity contribution in [3.63, 3.8) is 0 Å². The third kappa shape index (κ3) is 3.73. The highest BCUT2D eigenvalue weighted by Gasteiger charge is 2.09. The Morgan fingerprint density at radius 1 is 1.18 bits per heavy atom. The van der Waals surface area contributed by atoms with Crippen LogP contribution in [0.5, 0.6) is 11.5 Å². The zero-order chi connectivity index (χ0) is 16.1. The Bertz CT molecular complexity index is 698. The predicted molar refractivity (Wildman–Crippen MR) is 87.5 cm³/mol. The summed E-state index contributed by atoms with van der Waals surface area (Å²) in [6.45, 7) is 2.07. The van der Waals surface area contributed by atoms with Gasteiger partial charge in [-0.3, -0.25) is 0 Å². The van der Waals surface area contributed by atoms with E-state index in [9.17, 15) is 15.0 Å². The summed E-state index contributed by atoms with van der Waals surface area (Å²) in [5, 5.41) is 22.0. The van der Waals surface area contributed by atoms with Crippen LogP contribution in [0.4, 0.5) is 5.69 Å². The lowest BCUT2D eigenvalue weighted by molar-refractivity contribution is 0.0526. The number of aromatic hydroxyl groups is 2. The maximum atomic E-state index is 11.6. The number of phenols is 2. The lowest BCUT2D eigenvalue weighted by Crippen LogP contribution is -2.11. The van der Waals surface area contributed by atoms with Crippen LogP contribution in [-0.4, -0.2) is 27.8 Å². The first-order chi connectivity index (χ1) is 10.5. The molecule has 22 heavy (non-hydrogen) atoms. The summed E-state index contributed by atoms with van der Waals surface area (Å²) in [4.78, 5) is 11.9. The minimum absolute atomic E-state index is 0.0390. The molecule has 0 fully saturated rings. The molecule has 0 aromatic heterocycles. The average Bonchev–Trinajstić information content (AvgIpc) is 2.48. The summed E-state index contributed by atoms with van der Waals surface area (Å²) < 4.78 is 4.90. The molecule has 0 unspecified atom stereocenters. The number of thiocarbonyl (C=S) groups is 1. The highest BCUT2D eigenvalue weighted by Crippen LogP contribution is 2.24. The van der Waals surface area contributed by atoms with Crippen molar-refractivity contribution >= 4 is 28.9 Å². The summed E-state index contributed by atoms with van der Waals surface area (Å²) >= 11 is 5.21. The van der Waals surface area contributed by atoms with E-state index in [2.05, 4.69) is 5.32 Å². The summed E-state index contributed by atoms with van der Waals surface area (Å²) in [7, 11) is 0. The Kier molecular flexibility index (Phi) is 4.95. The van der Waals surface area contributed by atoms with Crippen molar-refractivity contribution in [1.29, 1.82) is 0 Å². The van der Waals surface area contributed by atoms with E-state index in [0.29, 0.717) is 28.4 Å². The van der Waals surface area contributed by atoms with Gasteiger partial charge in [0.2, 0.25) is 0 Å². The molecule has 2 aromatic carbocycles. The van der Waals surface area contributed by atoms with Gasteiger partial charge < -0.3 is 20.3 Å². The van der Waals surface area contributed by atoms with Crippen molar-refractivity contribution in [1.82, 2.24) is 0 Å². The zero-order valence-electron chi connectivity index (χ0n) is 11.9. The van der Waals surface area contributed by atoms with Crippen LogP contribution >= 0.6 is 12.2 Å². The fourth-order valence-corrected chi connectivity index (χ4v) is 2.11. The SMILES string of the molecule is CCOC(=O)c1ccc(NC(=S)c2ccc(O)cc2O)cc1. The standard InChI is InChI=1S/C16H15NO4S/c1-2-21-16(20)10-3-5-11(6-4-10)17-15(22)13-8-7-12(18)9-14(13)19/h3-9,18-19H,2H2,1H3,(H,17,22). The first-order valence-corrected chi connectivity index (χ1v) is 7.02. The molecule has 0 saturated carbocycles. The third-order valence-corrected chi connectivity index (χ3v) is 3.20. The van der Waals surface area contributed by atoms with Crippen molar-refractivity contribution in [3.05, 3.63) is 53.6 Å². The molecule has 0 bridgehead atoms. The summed E-state index contributed by atoms with van der Waals surface area (Å²) in [5.74, 6) is -0.531. The fraction of sp³-hybridized carbons (Fsp3) is 0.125. The van der Waals surface area contributed by atoms with Crippen LogP contribution in [0, 0.1) is 0 Å². The van der Waals surface area contributed by atoms with E-state index in [4.69, 9.17) is 17.0 Å². The molecule has 2 rings (SSSR count). The number of carbonyl (C=O) groups is 1. The van der Waals surface area contributed by atoms with Gasteiger partial charge in [0.1, 0.15) is 16.5 Å². The molecule has 0 aliphatic carbocycles. The van der Waals surface area contributed by atoms with E-state index in [1.165, 1.54) is 18.2 Å². The summed E-state index contributed by atoms with van der Waals surface area (Å²) in [6.07, 6.45) is 0. The molecular formula is C16H15NO4S. The molecule has 3 N–H and O–H groups in total. The van der Waals surface area contributed by atoms with Gasteiger partial charge in [-0.2, -0.15) is 0 Å². The molecule has 0 saturated heterocycles. The van der Waals surface area contributed by atoms with E-state index >= 15 is 0 Å². The number of esters is 1. The van der Waals surface area contributed by atoms with Gasteiger partial charge in [0.05, 0.1) is 17.7 Å². The zero-order valence-corrected chi connectivity index (χ0v) is 12.7. The van der Waals surface area contributed by atoms with E-state index < -0.39 is 0 Å². The Morgan fingerprint density at radius 3 is 2.45 bits per heavy atom. The van der Waals surface area contributed by atoms with Crippen molar-refractivity contribution in [2.45, 2.75) is 6.92 Å². The number of hydrogen-bond donors (Lipinski definition) is 3. The third-order valence-electron chi connectivity index (χ3n) is 2.88. The van der Waals surface area contributed by atoms with E-state index in [1.54, 1.807) is 31.2 Å². The van der Waals surface area contributed by atoms with Crippen LogP contribution in [0.2, 0.25) is 0 Å². The molecule has 5 nitrogen and oxygen atoms in total. The molecule has 0 spiro atoms. The molecular weight excluding hydrogens is 302 g/mol. The van der Waals surface area contributed by atoms with Crippen LogP contribution in [0.1, 0.15) is 22.8 Å². The molecule has 0 aliphatic rings. The Labute approximate surface area is 133 Å². The summed E-state index contributed by atoms with van der Waals surface area (Å²) in [5.41, 5.74) is 1.53. The maximum Gasteiger partial charge on any atom is 0.338 e. The maximum absolute atomic E-state index is 11.6. The minimum atomic E-state index is -0.382. The second-order valence-electron chi connectivity index (χ2n) is 4.45. The normalized spacial score (nSPS) is 10.0. The molecule has 0 radical (unpaired) electrons. The molecule has 0 amide bonds. The Balaban J connectivity index is 2.10. The predicted octanol–water partition coefficient (Wildman–Crippen LogP) is 3.06. The van der Waals surface area contributed by atoms with E-state index in [1.807, 2.05) is 0 Å². The Morgan fingerprint density at radius 2 is 1.86 bits per heavy atom. The van der Waals surface area contributed by atoms with Crippen LogP contribution < -0.4 is 5.32 Å². The smallest absolute Gasteiger partial charge is 0.338 e. The highest BCUT2D eigenvalue weighted by molar-refractivity contribution is 7.81. The van der Waals surface area contributed by atoms with E-state index in [0.717, 1.165) is 0 Å². The molecule has 0 aliphatic heterocycles. The number of anilines is 1. The number of phenolic OH excluding ortho intramolecular Hbond substituents is 2. The number of hydrogen-bond acceptors (Lipinski definition) is 5. The number of nitrogens with one attached hydrogen (secondary N) is 1. The van der Waals surface area contributed by atoms with Gasteiger partial charge in [0.15, 0.2) is 0 Å². The van der Waals surface area contributed by atoms with Crippen LogP contribution in [0.25, 0.3) is 0 Å². The largest absolute Gasteiger partial charge is 0.508 e. The van der Waals surface area contributed by atoms with Gasteiger partial charge in [0, 0.05) is 11.8 Å². The van der Waals surface area contributed by atoms with Crippen molar-refractivity contribution in [2.75, 3.05) is 11.9 Å². The van der Waals surface area contributed by atoms with Gasteiger partial charge in [-0.15, -0.1) is 0 Å². The minimum Gasteiger partial charge on any atom is -0.508 e. The monoisotopic (exact) mass is 317 g/mol. The number of rotatable bonds is 4. The van der Waals surface area contributed by atoms with E-state index in [-0.39, 0.29) is 17.5 Å². The lowest BCUT2D eigenvalue weighted by atomic mass is 10.1. The molecule has 0 atom stereocenters. The second-order valence-corrected chi connectivity index (χ2v) is 4.86. The van der Waals surface area contributed by atoms with Gasteiger partial charge in [0.25, 0.3) is 0 Å². The molecule has 0 heterocycles. The van der Waals surface area contributed by atoms with Gasteiger partial charge in [-0.1, -0.05) is 12.2 Å². The van der Waals surface area contributed by atoms with Gasteiger partial charge in [-0.25, -0.2) is 4.79 Å². The molecule has 2 aromatic rings. The first-order valence-electron chi connectivity index (χ1n) is 6.61. The second kappa shape index (κ2) is 6.91. The van der Waals surface area contributed by atoms with Gasteiger partial charge in [-0.05, 0) is 43.3 Å². The molecule has 114 valence electrons. The lowest BCUT2D eigenvalue weighted by Gasteiger charge is -2.10. The first kappa shape index (κ1) is 15.8. The van der Waals surface area contributed by atoms with Crippen LogP contribution in [0.3, 0.4) is 0 Å². The topological polar surface area (TPSA) is 78.8 Å². The van der Waals surface area contributed by atoms with Crippen molar-refractivity contribution in [2.24, 2.45) is 0 Å². The number of carbonyl (C=O) groups excluding carboxylic acids is 1. The van der Waals surface area contributed by atoms with Crippen LogP contribution in [-0.2, 0) is 4.74 Å². The highest BCUT2D eigenvalue weighted by atomic mass is 32.1. The number of ether oxygens (including phenoxy) is 1.